The van der Waals surface area contributed by atoms with Crippen LogP contribution in [0.1, 0.15) is 5.82 Å². The van der Waals surface area contributed by atoms with Crippen molar-refractivity contribution in [2.75, 3.05) is 0 Å². The molecule has 0 aliphatic carbocycles. The van der Waals surface area contributed by atoms with Gasteiger partial charge in [0, 0.05) is 12.4 Å². The van der Waals surface area contributed by atoms with Gasteiger partial charge in [0.25, 0.3) is 0 Å². The van der Waals surface area contributed by atoms with Crippen molar-refractivity contribution in [2.24, 2.45) is 11.5 Å². The van der Waals surface area contributed by atoms with E-state index in [0.29, 0.717) is 10.8 Å². The van der Waals surface area contributed by atoms with Crippen molar-refractivity contribution in [2.45, 2.75) is 0 Å². The molecule has 1 amide bonds. The van der Waals surface area contributed by atoms with Gasteiger partial charge in [0.1, 0.15) is 4.99 Å². The molecule has 6 N–H and O–H groups in total. The van der Waals surface area contributed by atoms with Crippen molar-refractivity contribution < 1.29 is 9.90 Å². The highest BCUT2D eigenvalue weighted by Crippen LogP contribution is 1.84. The zero-order valence-electron chi connectivity index (χ0n) is 6.02. The Balaban J connectivity index is 0.000000261. The molecule has 0 aliphatic heterocycles. The number of amides is 1. The molecule has 0 atom stereocenters. The summed E-state index contributed by atoms with van der Waals surface area (Å²) in [6, 6.07) is 0. The largest absolute Gasteiger partial charge is 0.465 e. The Morgan fingerprint density at radius 2 is 2.17 bits per heavy atom. The van der Waals surface area contributed by atoms with E-state index in [0.717, 1.165) is 0 Å². The van der Waals surface area contributed by atoms with Crippen LogP contribution in [0.3, 0.4) is 0 Å². The number of nitrogens with one attached hydrogen (secondary N) is 1. The fourth-order valence-electron chi connectivity index (χ4n) is 0.400. The monoisotopic (exact) mass is 188 g/mol. The minimum absolute atomic E-state index is 0.301. The Labute approximate surface area is 73.6 Å². The Morgan fingerprint density at radius 3 is 2.33 bits per heavy atom. The van der Waals surface area contributed by atoms with E-state index in [1.54, 1.807) is 12.4 Å². The Kier molecular flexibility index (Phi) is 4.39. The maximum absolute atomic E-state index is 8.78. The van der Waals surface area contributed by atoms with Gasteiger partial charge in [0.15, 0.2) is 5.82 Å². The lowest BCUT2D eigenvalue weighted by Crippen LogP contribution is -2.10. The van der Waals surface area contributed by atoms with E-state index in [2.05, 4.69) is 27.9 Å². The maximum Gasteiger partial charge on any atom is 0.402 e. The van der Waals surface area contributed by atoms with Gasteiger partial charge in [-0.3, -0.25) is 0 Å². The quantitative estimate of drug-likeness (QED) is 0.450. The second kappa shape index (κ2) is 5.08. The maximum atomic E-state index is 8.78. The number of hydrogen-bond donors (Lipinski definition) is 4. The molecule has 0 spiro atoms. The molecule has 0 saturated heterocycles. The summed E-state index contributed by atoms with van der Waals surface area (Å²) in [6.45, 7) is 0. The highest BCUT2D eigenvalue weighted by Gasteiger charge is 1.92. The molecule has 0 radical (unpaired) electrons. The summed E-state index contributed by atoms with van der Waals surface area (Å²) in [4.78, 5) is 15.6. The molecule has 7 heteroatoms. The number of imidazole rings is 1. The predicted molar refractivity (Wildman–Crippen MR) is 46.7 cm³/mol. The van der Waals surface area contributed by atoms with Gasteiger partial charge in [-0.05, 0) is 0 Å². The molecule has 0 saturated carbocycles. The summed E-state index contributed by atoms with van der Waals surface area (Å²) < 4.78 is 0. The van der Waals surface area contributed by atoms with Gasteiger partial charge in [-0.2, -0.15) is 0 Å². The highest BCUT2D eigenvalue weighted by molar-refractivity contribution is 7.80. The molecular weight excluding hydrogens is 180 g/mol. The van der Waals surface area contributed by atoms with Crippen LogP contribution < -0.4 is 11.5 Å². The first-order valence-corrected chi connectivity index (χ1v) is 3.22. The molecule has 0 aromatic carbocycles. The van der Waals surface area contributed by atoms with Crippen LogP contribution in [0, 0.1) is 0 Å². The number of H-pyrrole nitrogens is 1. The van der Waals surface area contributed by atoms with Gasteiger partial charge >= 0.3 is 6.09 Å². The first-order valence-electron chi connectivity index (χ1n) is 2.81. The average molecular weight is 188 g/mol. The lowest BCUT2D eigenvalue weighted by molar-refractivity contribution is 0.205. The minimum Gasteiger partial charge on any atom is -0.465 e. The third-order valence-electron chi connectivity index (χ3n) is 0.732. The van der Waals surface area contributed by atoms with Crippen LogP contribution >= 0.6 is 12.2 Å². The molecule has 0 unspecified atom stereocenters. The fourth-order valence-corrected chi connectivity index (χ4v) is 0.512. The van der Waals surface area contributed by atoms with Gasteiger partial charge < -0.3 is 21.6 Å². The SMILES string of the molecule is NC(=O)O.NC(=S)c1ncc[nH]1. The standard InChI is InChI=1S/C4H5N3S.CH3NO2/c5-3(8)4-6-1-2-7-4;2-1(3)4/h1-2H,(H2,5,8)(H,6,7);2H2,(H,3,4). The van der Waals surface area contributed by atoms with Gasteiger partial charge in [-0.1, -0.05) is 12.2 Å². The smallest absolute Gasteiger partial charge is 0.402 e. The zero-order valence-corrected chi connectivity index (χ0v) is 6.84. The van der Waals surface area contributed by atoms with Crippen LogP contribution in [0.15, 0.2) is 12.4 Å². The number of carboxylic acid groups (broad SMARTS) is 1. The van der Waals surface area contributed by atoms with Gasteiger partial charge in [0.05, 0.1) is 0 Å². The van der Waals surface area contributed by atoms with Crippen molar-refractivity contribution in [3.8, 4) is 0 Å². The number of primary amides is 1. The van der Waals surface area contributed by atoms with E-state index < -0.39 is 6.09 Å². The van der Waals surface area contributed by atoms with E-state index >= 15 is 0 Å². The van der Waals surface area contributed by atoms with Crippen LogP contribution in [-0.2, 0) is 0 Å². The van der Waals surface area contributed by atoms with Crippen LogP contribution in [0.25, 0.3) is 0 Å². The topological polar surface area (TPSA) is 118 Å². The van der Waals surface area contributed by atoms with Crippen LogP contribution in [0.4, 0.5) is 4.79 Å². The Morgan fingerprint density at radius 1 is 1.67 bits per heavy atom. The van der Waals surface area contributed by atoms with Crippen LogP contribution in [-0.4, -0.2) is 26.2 Å². The van der Waals surface area contributed by atoms with Crippen LogP contribution in [0.5, 0.6) is 0 Å². The van der Waals surface area contributed by atoms with E-state index in [4.69, 9.17) is 15.6 Å². The minimum atomic E-state index is -1.33. The van der Waals surface area contributed by atoms with Crippen molar-refractivity contribution in [1.29, 1.82) is 0 Å². The molecular formula is C5H8N4O2S. The molecule has 1 rings (SSSR count). The molecule has 6 nitrogen and oxygen atoms in total. The normalized spacial score (nSPS) is 8.00. The van der Waals surface area contributed by atoms with Gasteiger partial charge in [-0.15, -0.1) is 0 Å². The highest BCUT2D eigenvalue weighted by atomic mass is 32.1. The molecule has 0 fully saturated rings. The number of hydrogen-bond acceptors (Lipinski definition) is 3. The third-order valence-corrected chi connectivity index (χ3v) is 0.925. The Bertz CT molecular complexity index is 254. The summed E-state index contributed by atoms with van der Waals surface area (Å²) in [7, 11) is 0. The second-order valence-corrected chi connectivity index (χ2v) is 2.08. The first kappa shape index (κ1) is 10.4. The summed E-state index contributed by atoms with van der Waals surface area (Å²) in [5.41, 5.74) is 9.22. The number of aromatic nitrogens is 2. The summed E-state index contributed by atoms with van der Waals surface area (Å²) in [5, 5.41) is 7.19. The summed E-state index contributed by atoms with van der Waals surface area (Å²) >= 11 is 4.60. The third kappa shape index (κ3) is 5.18. The van der Waals surface area contributed by atoms with Crippen molar-refractivity contribution in [3.63, 3.8) is 0 Å². The van der Waals surface area contributed by atoms with E-state index in [1.165, 1.54) is 0 Å². The zero-order chi connectivity index (χ0) is 9.56. The van der Waals surface area contributed by atoms with E-state index in [9.17, 15) is 0 Å². The van der Waals surface area contributed by atoms with Gasteiger partial charge in [0.2, 0.25) is 0 Å². The lowest BCUT2D eigenvalue weighted by atomic mass is 10.6. The Hall–Kier alpha value is -1.63. The van der Waals surface area contributed by atoms with Crippen LogP contribution in [0.2, 0.25) is 0 Å². The molecule has 1 aromatic heterocycles. The predicted octanol–water partition coefficient (Wildman–Crippen LogP) is -0.333. The number of rotatable bonds is 1. The van der Waals surface area contributed by atoms with Crippen molar-refractivity contribution in [1.82, 2.24) is 9.97 Å². The molecule has 0 aliphatic rings. The number of thiocarbonyl (C=S) groups is 1. The molecule has 0 bridgehead atoms. The second-order valence-electron chi connectivity index (χ2n) is 1.64. The average Bonchev–Trinajstić information content (AvgIpc) is 2.34. The number of nitrogens with zero attached hydrogens (tertiary/aromatic N) is 1. The van der Waals surface area contributed by atoms with Crippen molar-refractivity contribution in [3.05, 3.63) is 18.2 Å². The number of nitrogens with two attached hydrogens (primary N) is 2. The summed E-state index contributed by atoms with van der Waals surface area (Å²) in [6.07, 6.45) is 1.95. The lowest BCUT2D eigenvalue weighted by Gasteiger charge is -1.84. The van der Waals surface area contributed by atoms with Gasteiger partial charge in [-0.25, -0.2) is 9.78 Å². The van der Waals surface area contributed by atoms with E-state index in [-0.39, 0.29) is 0 Å². The number of carbonyl (C=O) groups is 1. The summed E-state index contributed by atoms with van der Waals surface area (Å²) in [5.74, 6) is 0.569. The van der Waals surface area contributed by atoms with Crippen molar-refractivity contribution >= 4 is 23.3 Å². The number of aromatic amines is 1. The fraction of sp³-hybridized carbons (Fsp3) is 0. The van der Waals surface area contributed by atoms with E-state index in [1.807, 2.05) is 0 Å². The molecule has 12 heavy (non-hydrogen) atoms. The molecule has 1 aromatic rings. The first-order chi connectivity index (χ1) is 5.54. The molecule has 1 heterocycles. The molecule has 66 valence electrons.